The van der Waals surface area contributed by atoms with Crippen LogP contribution in [0.1, 0.15) is 87.6 Å². The maximum atomic E-state index is 13.4. The molecule has 0 bridgehead atoms. The topological polar surface area (TPSA) is 75.6 Å². The van der Waals surface area contributed by atoms with E-state index in [-0.39, 0.29) is 32.3 Å². The van der Waals surface area contributed by atoms with Crippen molar-refractivity contribution in [3.05, 3.63) is 59.2 Å². The summed E-state index contributed by atoms with van der Waals surface area (Å²) in [6, 6.07) is 12.9. The maximum absolute atomic E-state index is 13.4. The van der Waals surface area contributed by atoms with E-state index in [0.717, 1.165) is 40.3 Å². The Morgan fingerprint density at radius 1 is 1.10 bits per heavy atom. The summed E-state index contributed by atoms with van der Waals surface area (Å²) in [4.78, 5) is 25.2. The van der Waals surface area contributed by atoms with Crippen molar-refractivity contribution in [2.75, 3.05) is 23.5 Å². The van der Waals surface area contributed by atoms with E-state index in [1.165, 1.54) is 50.7 Å². The number of hydrogen-bond donors (Lipinski definition) is 2. The van der Waals surface area contributed by atoms with Gasteiger partial charge in [-0.15, -0.1) is 0 Å². The second-order valence-electron chi connectivity index (χ2n) is 10.9. The minimum absolute atomic E-state index is 0. The summed E-state index contributed by atoms with van der Waals surface area (Å²) in [5, 5.41) is 12.4. The summed E-state index contributed by atoms with van der Waals surface area (Å²) in [5.74, 6) is 2.25. The van der Waals surface area contributed by atoms with E-state index in [0.29, 0.717) is 24.3 Å². The standard InChI is InChI=1S/C33H47NO4S2.Li.H/c1-4-5-18-40-23-27(20-25-12-7-6-8-13-25)38-22-26-15-16-29(30(21-26)28-14-10-9-11-24(28)2)32(35)34-31(33(36)37)17-19-39-3;;/h9-11,14-16,21,25,27,31H,4-8,12-13,17-20,22-23H2,1-3H3,(H,34,35)(H,36,37);;/q;+1;-1. The Morgan fingerprint density at radius 3 is 2.54 bits per heavy atom. The third-order valence-corrected chi connectivity index (χ3v) is 9.56. The number of aliphatic carboxylic acids is 1. The van der Waals surface area contributed by atoms with Crippen LogP contribution in [0.5, 0.6) is 0 Å². The Kier molecular flexibility index (Phi) is 17.3. The van der Waals surface area contributed by atoms with Gasteiger partial charge in [0.2, 0.25) is 0 Å². The van der Waals surface area contributed by atoms with E-state index in [1.54, 1.807) is 11.8 Å². The van der Waals surface area contributed by atoms with Gasteiger partial charge < -0.3 is 16.6 Å². The van der Waals surface area contributed by atoms with Crippen molar-refractivity contribution in [3.63, 3.8) is 0 Å². The molecule has 1 aliphatic carbocycles. The van der Waals surface area contributed by atoms with E-state index in [2.05, 4.69) is 18.3 Å². The van der Waals surface area contributed by atoms with Gasteiger partial charge in [-0.1, -0.05) is 75.8 Å². The zero-order chi connectivity index (χ0) is 28.7. The predicted molar refractivity (Wildman–Crippen MR) is 172 cm³/mol. The second kappa shape index (κ2) is 19.8. The first-order valence-electron chi connectivity index (χ1n) is 14.8. The number of hydrogen-bond acceptors (Lipinski definition) is 5. The van der Waals surface area contributed by atoms with Crippen LogP contribution < -0.4 is 24.2 Å². The SMILES string of the molecule is CCCCSCC(CC1CCCCC1)OCc1ccc(C(=O)NC(CCSC)C(=O)O)c(-c2ccccc2C)c1.[H-].[Li+]. The average molecular weight is 594 g/mol. The van der Waals surface area contributed by atoms with E-state index in [4.69, 9.17) is 4.74 Å². The van der Waals surface area contributed by atoms with Crippen LogP contribution in [0.4, 0.5) is 0 Å². The summed E-state index contributed by atoms with van der Waals surface area (Å²) in [7, 11) is 0. The maximum Gasteiger partial charge on any atom is 1.00 e. The number of carbonyl (C=O) groups is 2. The summed E-state index contributed by atoms with van der Waals surface area (Å²) in [6.45, 7) is 4.77. The van der Waals surface area contributed by atoms with Crippen LogP contribution in [0, 0.1) is 12.8 Å². The number of carboxylic acids is 1. The van der Waals surface area contributed by atoms with Gasteiger partial charge in [0.25, 0.3) is 5.91 Å². The number of carboxylic acid groups (broad SMARTS) is 1. The number of aryl methyl sites for hydroxylation is 1. The molecule has 2 N–H and O–H groups in total. The van der Waals surface area contributed by atoms with Crippen LogP contribution in [-0.2, 0) is 16.1 Å². The molecule has 0 aliphatic heterocycles. The number of thioether (sulfide) groups is 2. The number of ether oxygens (including phenoxy) is 1. The first kappa shape index (κ1) is 35.8. The molecule has 2 atom stereocenters. The Bertz CT molecular complexity index is 1080. The van der Waals surface area contributed by atoms with Gasteiger partial charge in [-0.3, -0.25) is 4.79 Å². The molecule has 1 aliphatic rings. The van der Waals surface area contributed by atoms with E-state index in [9.17, 15) is 14.7 Å². The third-order valence-electron chi connectivity index (χ3n) is 7.73. The van der Waals surface area contributed by atoms with Crippen molar-refractivity contribution < 1.29 is 39.7 Å². The van der Waals surface area contributed by atoms with E-state index in [1.807, 2.05) is 61.3 Å². The smallest absolute Gasteiger partial charge is 1.00 e. The molecule has 1 fully saturated rings. The Balaban J connectivity index is 0.00000441. The van der Waals surface area contributed by atoms with Crippen LogP contribution in [0.3, 0.4) is 0 Å². The fourth-order valence-electron chi connectivity index (χ4n) is 5.36. The number of nitrogens with one attached hydrogen (secondary N) is 1. The molecule has 41 heavy (non-hydrogen) atoms. The molecule has 3 rings (SSSR count). The number of unbranched alkanes of at least 4 members (excludes halogenated alkanes) is 1. The molecule has 0 heterocycles. The van der Waals surface area contributed by atoms with Crippen molar-refractivity contribution in [2.45, 2.75) is 90.4 Å². The molecular weight excluding hydrogens is 545 g/mol. The molecule has 2 aromatic carbocycles. The zero-order valence-electron chi connectivity index (χ0n) is 26.5. The molecule has 0 radical (unpaired) electrons. The Morgan fingerprint density at radius 2 is 1.85 bits per heavy atom. The van der Waals surface area contributed by atoms with Crippen molar-refractivity contribution >= 4 is 35.4 Å². The molecule has 0 aromatic heterocycles. The van der Waals surface area contributed by atoms with Gasteiger partial charge in [-0.2, -0.15) is 23.5 Å². The first-order valence-corrected chi connectivity index (χ1v) is 17.4. The number of amides is 1. The van der Waals surface area contributed by atoms with Gasteiger partial charge >= 0.3 is 24.8 Å². The number of carbonyl (C=O) groups excluding carboxylic acids is 1. The second-order valence-corrected chi connectivity index (χ2v) is 13.1. The van der Waals surface area contributed by atoms with Crippen molar-refractivity contribution in [3.8, 4) is 11.1 Å². The quantitative estimate of drug-likeness (QED) is 0.196. The zero-order valence-corrected chi connectivity index (χ0v) is 27.1. The van der Waals surface area contributed by atoms with Gasteiger partial charge in [0.15, 0.2) is 0 Å². The largest absolute Gasteiger partial charge is 1.00 e. The van der Waals surface area contributed by atoms with Gasteiger partial charge in [0, 0.05) is 11.3 Å². The molecule has 2 unspecified atom stereocenters. The van der Waals surface area contributed by atoms with Gasteiger partial charge in [-0.05, 0) is 84.3 Å². The third kappa shape index (κ3) is 12.0. The van der Waals surface area contributed by atoms with Crippen molar-refractivity contribution in [2.24, 2.45) is 5.92 Å². The first-order chi connectivity index (χ1) is 19.4. The van der Waals surface area contributed by atoms with E-state index >= 15 is 0 Å². The average Bonchev–Trinajstić information content (AvgIpc) is 2.96. The molecule has 0 spiro atoms. The van der Waals surface area contributed by atoms with Crippen LogP contribution in [0.15, 0.2) is 42.5 Å². The molecule has 1 amide bonds. The van der Waals surface area contributed by atoms with Gasteiger partial charge in [0.1, 0.15) is 6.04 Å². The Labute approximate surface area is 269 Å². The van der Waals surface area contributed by atoms with Gasteiger partial charge in [0.05, 0.1) is 12.7 Å². The molecule has 1 saturated carbocycles. The fraction of sp³-hybridized carbons (Fsp3) is 0.576. The summed E-state index contributed by atoms with van der Waals surface area (Å²) >= 11 is 3.57. The number of benzene rings is 2. The van der Waals surface area contributed by atoms with Crippen LogP contribution >= 0.6 is 23.5 Å². The molecule has 8 heteroatoms. The summed E-state index contributed by atoms with van der Waals surface area (Å²) in [6.07, 6.45) is 12.8. The minimum atomic E-state index is -1.01. The summed E-state index contributed by atoms with van der Waals surface area (Å²) in [5.41, 5.74) is 4.36. The normalized spacial score (nSPS) is 15.1. The van der Waals surface area contributed by atoms with Crippen LogP contribution in [0.2, 0.25) is 0 Å². The minimum Gasteiger partial charge on any atom is -1.00 e. The van der Waals surface area contributed by atoms with E-state index < -0.39 is 12.0 Å². The Hall–Kier alpha value is -1.36. The monoisotopic (exact) mass is 593 g/mol. The van der Waals surface area contributed by atoms with Crippen molar-refractivity contribution in [1.29, 1.82) is 0 Å². The van der Waals surface area contributed by atoms with Crippen molar-refractivity contribution in [1.82, 2.24) is 5.32 Å². The molecule has 5 nitrogen and oxygen atoms in total. The van der Waals surface area contributed by atoms with Crippen LogP contribution in [0.25, 0.3) is 11.1 Å². The molecule has 0 saturated heterocycles. The molecule has 222 valence electrons. The summed E-state index contributed by atoms with van der Waals surface area (Å²) < 4.78 is 6.57. The molecular formula is C33H48LiNO4S2. The van der Waals surface area contributed by atoms with Gasteiger partial charge in [-0.25, -0.2) is 4.79 Å². The fourth-order valence-corrected chi connectivity index (χ4v) is 6.99. The van der Waals surface area contributed by atoms with Crippen LogP contribution in [-0.4, -0.2) is 52.6 Å². The number of rotatable bonds is 17. The predicted octanol–water partition coefficient (Wildman–Crippen LogP) is 5.10. The molecule has 2 aromatic rings.